The Morgan fingerprint density at radius 1 is 1.24 bits per heavy atom. The number of aryl methyl sites for hydroxylation is 1. The molecule has 0 saturated heterocycles. The first kappa shape index (κ1) is 13.8. The summed E-state index contributed by atoms with van der Waals surface area (Å²) in [6, 6.07) is 2.14. The monoisotopic (exact) mass is 232 g/mol. The molecule has 1 aromatic rings. The topological polar surface area (TPSA) is 9.23 Å². The second kappa shape index (κ2) is 6.48. The lowest BCUT2D eigenvalue weighted by Gasteiger charge is -2.15. The maximum Gasteiger partial charge on any atom is 0.122 e. The van der Waals surface area contributed by atoms with Crippen molar-refractivity contribution >= 4 is 6.08 Å². The zero-order valence-corrected chi connectivity index (χ0v) is 11.8. The first-order valence-corrected chi connectivity index (χ1v) is 6.49. The summed E-state index contributed by atoms with van der Waals surface area (Å²) in [4.78, 5) is 0. The minimum absolute atomic E-state index is 1.01. The third-order valence-corrected chi connectivity index (χ3v) is 3.28. The molecule has 1 heteroatoms. The van der Waals surface area contributed by atoms with Gasteiger partial charge in [-0.25, -0.2) is 0 Å². The van der Waals surface area contributed by atoms with Crippen molar-refractivity contribution in [3.63, 3.8) is 0 Å². The van der Waals surface area contributed by atoms with Crippen LogP contribution in [0.2, 0.25) is 0 Å². The van der Waals surface area contributed by atoms with E-state index in [-0.39, 0.29) is 0 Å². The van der Waals surface area contributed by atoms with Crippen molar-refractivity contribution in [1.29, 1.82) is 0 Å². The van der Waals surface area contributed by atoms with Crippen LogP contribution >= 0.6 is 0 Å². The van der Waals surface area contributed by atoms with E-state index >= 15 is 0 Å². The van der Waals surface area contributed by atoms with Gasteiger partial charge in [0.2, 0.25) is 0 Å². The Hall–Kier alpha value is -1.24. The summed E-state index contributed by atoms with van der Waals surface area (Å²) in [5.74, 6) is 1.02. The van der Waals surface area contributed by atoms with Crippen LogP contribution in [0.15, 0.2) is 12.1 Å². The Morgan fingerprint density at radius 2 is 1.94 bits per heavy atom. The Morgan fingerprint density at radius 3 is 2.47 bits per heavy atom. The zero-order chi connectivity index (χ0) is 12.8. The summed E-state index contributed by atoms with van der Waals surface area (Å²) >= 11 is 0. The van der Waals surface area contributed by atoms with Crippen molar-refractivity contribution in [1.82, 2.24) is 0 Å². The van der Waals surface area contributed by atoms with Crippen molar-refractivity contribution in [3.8, 4) is 5.75 Å². The van der Waals surface area contributed by atoms with Crippen LogP contribution in [-0.4, -0.2) is 7.11 Å². The lowest BCUT2D eigenvalue weighted by Crippen LogP contribution is -1.98. The van der Waals surface area contributed by atoms with E-state index in [4.69, 9.17) is 4.74 Å². The highest BCUT2D eigenvalue weighted by Gasteiger charge is 2.10. The van der Waals surface area contributed by atoms with Crippen LogP contribution in [0.3, 0.4) is 0 Å². The van der Waals surface area contributed by atoms with Crippen LogP contribution in [0.4, 0.5) is 0 Å². The number of hydrogen-bond donors (Lipinski definition) is 0. The van der Waals surface area contributed by atoms with E-state index in [0.717, 1.165) is 18.6 Å². The average Bonchev–Trinajstić information content (AvgIpc) is 2.34. The molecule has 0 saturated carbocycles. The van der Waals surface area contributed by atoms with Gasteiger partial charge in [-0.05, 0) is 49.4 Å². The lowest BCUT2D eigenvalue weighted by molar-refractivity contribution is 0.409. The Labute approximate surface area is 106 Å². The summed E-state index contributed by atoms with van der Waals surface area (Å²) in [5.41, 5.74) is 5.34. The first-order chi connectivity index (χ1) is 8.15. The van der Waals surface area contributed by atoms with Gasteiger partial charge >= 0.3 is 0 Å². The molecule has 0 spiro atoms. The highest BCUT2D eigenvalue weighted by molar-refractivity contribution is 5.63. The SMILES string of the molecule is CCC/C=C\c1c(C)c(C)cc(OC)c1CC. The molecule has 94 valence electrons. The molecule has 0 aliphatic carbocycles. The van der Waals surface area contributed by atoms with Crippen molar-refractivity contribution in [3.05, 3.63) is 34.4 Å². The van der Waals surface area contributed by atoms with E-state index in [2.05, 4.69) is 45.9 Å². The summed E-state index contributed by atoms with van der Waals surface area (Å²) < 4.78 is 5.49. The fourth-order valence-corrected chi connectivity index (χ4v) is 2.10. The number of allylic oxidation sites excluding steroid dienone is 1. The van der Waals surface area contributed by atoms with Gasteiger partial charge in [0.1, 0.15) is 5.75 Å². The van der Waals surface area contributed by atoms with E-state index in [1.807, 2.05) is 0 Å². The van der Waals surface area contributed by atoms with Crippen LogP contribution < -0.4 is 4.74 Å². The van der Waals surface area contributed by atoms with Crippen molar-refractivity contribution in [2.75, 3.05) is 7.11 Å². The summed E-state index contributed by atoms with van der Waals surface area (Å²) in [6.07, 6.45) is 7.86. The molecule has 1 nitrogen and oxygen atoms in total. The van der Waals surface area contributed by atoms with Gasteiger partial charge in [0, 0.05) is 5.56 Å². The standard InChI is InChI=1S/C16H24O/c1-6-8-9-10-15-13(4)12(3)11-16(17-5)14(15)7-2/h9-11H,6-8H2,1-5H3/b10-9-. The predicted molar refractivity (Wildman–Crippen MR) is 75.8 cm³/mol. The summed E-state index contributed by atoms with van der Waals surface area (Å²) in [6.45, 7) is 8.73. The van der Waals surface area contributed by atoms with Gasteiger partial charge in [-0.1, -0.05) is 32.4 Å². The van der Waals surface area contributed by atoms with Gasteiger partial charge in [-0.2, -0.15) is 0 Å². The molecule has 0 fully saturated rings. The molecule has 0 amide bonds. The molecule has 0 aromatic heterocycles. The van der Waals surface area contributed by atoms with Crippen molar-refractivity contribution in [2.45, 2.75) is 47.0 Å². The average molecular weight is 232 g/mol. The predicted octanol–water partition coefficient (Wildman–Crippen LogP) is 4.69. The third-order valence-electron chi connectivity index (χ3n) is 3.28. The fraction of sp³-hybridized carbons (Fsp3) is 0.500. The fourth-order valence-electron chi connectivity index (χ4n) is 2.10. The van der Waals surface area contributed by atoms with Crippen LogP contribution in [0.1, 0.15) is 48.9 Å². The Kier molecular flexibility index (Phi) is 5.27. The smallest absolute Gasteiger partial charge is 0.122 e. The minimum atomic E-state index is 1.01. The zero-order valence-electron chi connectivity index (χ0n) is 11.8. The van der Waals surface area contributed by atoms with E-state index < -0.39 is 0 Å². The highest BCUT2D eigenvalue weighted by Crippen LogP contribution is 2.30. The van der Waals surface area contributed by atoms with Gasteiger partial charge in [0.25, 0.3) is 0 Å². The molecule has 0 unspecified atom stereocenters. The molecular formula is C16H24O. The molecule has 0 heterocycles. The molecule has 1 aromatic carbocycles. The van der Waals surface area contributed by atoms with Crippen LogP contribution in [0.5, 0.6) is 5.75 Å². The molecule has 0 aliphatic heterocycles. The maximum atomic E-state index is 5.49. The molecule has 17 heavy (non-hydrogen) atoms. The van der Waals surface area contributed by atoms with Gasteiger partial charge in [0.15, 0.2) is 0 Å². The molecule has 0 bridgehead atoms. The molecule has 0 radical (unpaired) electrons. The molecule has 0 N–H and O–H groups in total. The Bertz CT molecular complexity index is 402. The van der Waals surface area contributed by atoms with Gasteiger partial charge in [-0.15, -0.1) is 0 Å². The second-order valence-electron chi connectivity index (χ2n) is 4.46. The number of methoxy groups -OCH3 is 1. The number of hydrogen-bond acceptors (Lipinski definition) is 1. The van der Waals surface area contributed by atoms with E-state index in [1.165, 1.54) is 28.7 Å². The summed E-state index contributed by atoms with van der Waals surface area (Å²) in [7, 11) is 1.75. The Balaban J connectivity index is 3.28. The van der Waals surface area contributed by atoms with Gasteiger partial charge in [0.05, 0.1) is 7.11 Å². The van der Waals surface area contributed by atoms with E-state index in [0.29, 0.717) is 0 Å². The number of ether oxygens (including phenoxy) is 1. The highest BCUT2D eigenvalue weighted by atomic mass is 16.5. The van der Waals surface area contributed by atoms with Crippen molar-refractivity contribution in [2.24, 2.45) is 0 Å². The largest absolute Gasteiger partial charge is 0.496 e. The van der Waals surface area contributed by atoms with Gasteiger partial charge in [-0.3, -0.25) is 0 Å². The number of rotatable bonds is 5. The molecule has 1 rings (SSSR count). The first-order valence-electron chi connectivity index (χ1n) is 6.49. The van der Waals surface area contributed by atoms with Crippen LogP contribution in [0, 0.1) is 13.8 Å². The summed E-state index contributed by atoms with van der Waals surface area (Å²) in [5, 5.41) is 0. The quantitative estimate of drug-likeness (QED) is 0.715. The minimum Gasteiger partial charge on any atom is -0.496 e. The third kappa shape index (κ3) is 3.12. The van der Waals surface area contributed by atoms with Gasteiger partial charge < -0.3 is 4.74 Å². The van der Waals surface area contributed by atoms with Crippen molar-refractivity contribution < 1.29 is 4.74 Å². The van der Waals surface area contributed by atoms with Crippen LogP contribution in [-0.2, 0) is 6.42 Å². The lowest BCUT2D eigenvalue weighted by atomic mass is 9.94. The van der Waals surface area contributed by atoms with E-state index in [1.54, 1.807) is 7.11 Å². The molecule has 0 aliphatic rings. The van der Waals surface area contributed by atoms with Crippen LogP contribution in [0.25, 0.3) is 6.08 Å². The number of benzene rings is 1. The molecule has 0 atom stereocenters. The normalized spacial score (nSPS) is 11.1. The molecular weight excluding hydrogens is 208 g/mol. The number of unbranched alkanes of at least 4 members (excludes halogenated alkanes) is 1. The van der Waals surface area contributed by atoms with E-state index in [9.17, 15) is 0 Å². The second-order valence-corrected chi connectivity index (χ2v) is 4.46. The maximum absolute atomic E-state index is 5.49.